The van der Waals surface area contributed by atoms with Gasteiger partial charge in [0.15, 0.2) is 0 Å². The number of nitrogens with two attached hydrogens (primary N) is 1. The third-order valence-electron chi connectivity index (χ3n) is 3.24. The zero-order chi connectivity index (χ0) is 14.7. The molecule has 0 fully saturated rings. The molecule has 0 aliphatic carbocycles. The highest BCUT2D eigenvalue weighted by atomic mass is 35.5. The first kappa shape index (κ1) is 15.2. The standard InChI is InChI=1S/C16H18ClNOS/c1-11-3-4-12(2)15(9-11)16(18)10-20(19)14-7-5-13(17)6-8-14/h3-9,16H,10,18H2,1-2H3. The molecule has 2 nitrogen and oxygen atoms in total. The predicted octanol–water partition coefficient (Wildman–Crippen LogP) is 3.76. The molecule has 0 aliphatic heterocycles. The average Bonchev–Trinajstić information content (AvgIpc) is 2.42. The molecule has 0 aromatic heterocycles. The molecule has 0 amide bonds. The van der Waals surface area contributed by atoms with Crippen LogP contribution in [0.1, 0.15) is 22.7 Å². The van der Waals surface area contributed by atoms with Crippen molar-refractivity contribution in [2.75, 3.05) is 5.75 Å². The van der Waals surface area contributed by atoms with Crippen LogP contribution in [0.25, 0.3) is 0 Å². The summed E-state index contributed by atoms with van der Waals surface area (Å²) >= 11 is 5.83. The monoisotopic (exact) mass is 307 g/mol. The zero-order valence-electron chi connectivity index (χ0n) is 11.6. The molecule has 0 spiro atoms. The number of benzene rings is 2. The second-order valence-corrected chi connectivity index (χ2v) is 6.86. The van der Waals surface area contributed by atoms with E-state index in [1.807, 2.05) is 13.8 Å². The van der Waals surface area contributed by atoms with Crippen LogP contribution in [-0.4, -0.2) is 9.96 Å². The molecule has 0 saturated carbocycles. The van der Waals surface area contributed by atoms with Gasteiger partial charge < -0.3 is 5.73 Å². The summed E-state index contributed by atoms with van der Waals surface area (Å²) in [5.74, 6) is 0.409. The molecule has 0 aliphatic rings. The maximum atomic E-state index is 12.3. The van der Waals surface area contributed by atoms with Crippen LogP contribution in [0.2, 0.25) is 5.02 Å². The van der Waals surface area contributed by atoms with Crippen molar-refractivity contribution in [1.29, 1.82) is 0 Å². The lowest BCUT2D eigenvalue weighted by Crippen LogP contribution is -2.19. The lowest BCUT2D eigenvalue weighted by Gasteiger charge is -2.15. The second kappa shape index (κ2) is 6.53. The van der Waals surface area contributed by atoms with Crippen LogP contribution >= 0.6 is 11.6 Å². The highest BCUT2D eigenvalue weighted by Gasteiger charge is 2.14. The summed E-state index contributed by atoms with van der Waals surface area (Å²) in [6.07, 6.45) is 0. The Morgan fingerprint density at radius 3 is 2.45 bits per heavy atom. The Labute approximate surface area is 127 Å². The van der Waals surface area contributed by atoms with Gasteiger partial charge in [0.05, 0.1) is 10.8 Å². The van der Waals surface area contributed by atoms with Crippen molar-refractivity contribution in [2.45, 2.75) is 24.8 Å². The van der Waals surface area contributed by atoms with Crippen molar-refractivity contribution in [3.05, 3.63) is 64.2 Å². The smallest absolute Gasteiger partial charge is 0.0548 e. The van der Waals surface area contributed by atoms with E-state index in [9.17, 15) is 4.21 Å². The van der Waals surface area contributed by atoms with E-state index in [1.54, 1.807) is 24.3 Å². The van der Waals surface area contributed by atoms with Crippen molar-refractivity contribution >= 4 is 22.4 Å². The second-order valence-electron chi connectivity index (χ2n) is 4.93. The number of hydrogen-bond acceptors (Lipinski definition) is 2. The van der Waals surface area contributed by atoms with E-state index in [4.69, 9.17) is 17.3 Å². The lowest BCUT2D eigenvalue weighted by atomic mass is 10.0. The average molecular weight is 308 g/mol. The Bertz CT molecular complexity index is 625. The van der Waals surface area contributed by atoms with Crippen LogP contribution in [0.5, 0.6) is 0 Å². The first-order valence-corrected chi connectivity index (χ1v) is 8.14. The maximum Gasteiger partial charge on any atom is 0.0548 e. The predicted molar refractivity (Wildman–Crippen MR) is 85.6 cm³/mol. The molecule has 2 rings (SSSR count). The van der Waals surface area contributed by atoms with E-state index >= 15 is 0 Å². The van der Waals surface area contributed by atoms with E-state index in [2.05, 4.69) is 18.2 Å². The Morgan fingerprint density at radius 2 is 1.80 bits per heavy atom. The first-order chi connectivity index (χ1) is 9.47. The molecule has 4 heteroatoms. The summed E-state index contributed by atoms with van der Waals surface area (Å²) in [6.45, 7) is 4.06. The molecule has 20 heavy (non-hydrogen) atoms. The van der Waals surface area contributed by atoms with Crippen LogP contribution in [0.3, 0.4) is 0 Å². The molecule has 2 unspecified atom stereocenters. The molecule has 0 radical (unpaired) electrons. The third-order valence-corrected chi connectivity index (χ3v) is 4.95. The van der Waals surface area contributed by atoms with Crippen LogP contribution in [0, 0.1) is 13.8 Å². The number of halogens is 1. The molecular weight excluding hydrogens is 290 g/mol. The summed E-state index contributed by atoms with van der Waals surface area (Å²) in [5, 5.41) is 0.643. The largest absolute Gasteiger partial charge is 0.323 e. The van der Waals surface area contributed by atoms with Gasteiger partial charge in [-0.1, -0.05) is 35.4 Å². The van der Waals surface area contributed by atoms with Gasteiger partial charge in [-0.2, -0.15) is 0 Å². The van der Waals surface area contributed by atoms with Crippen molar-refractivity contribution in [3.63, 3.8) is 0 Å². The summed E-state index contributed by atoms with van der Waals surface area (Å²) in [4.78, 5) is 0.759. The van der Waals surface area contributed by atoms with Gasteiger partial charge >= 0.3 is 0 Å². The molecule has 2 atom stereocenters. The summed E-state index contributed by atoms with van der Waals surface area (Å²) < 4.78 is 12.3. The van der Waals surface area contributed by atoms with Gasteiger partial charge in [-0.05, 0) is 49.2 Å². The van der Waals surface area contributed by atoms with Crippen molar-refractivity contribution in [3.8, 4) is 0 Å². The normalized spacial score (nSPS) is 14.0. The number of hydrogen-bond donors (Lipinski definition) is 1. The fourth-order valence-electron chi connectivity index (χ4n) is 2.09. The highest BCUT2D eigenvalue weighted by Crippen LogP contribution is 2.21. The van der Waals surface area contributed by atoms with Crippen molar-refractivity contribution in [1.82, 2.24) is 0 Å². The summed E-state index contributed by atoms with van der Waals surface area (Å²) in [6, 6.07) is 13.0. The molecule has 0 bridgehead atoms. The van der Waals surface area contributed by atoms with Crippen molar-refractivity contribution in [2.24, 2.45) is 5.73 Å². The van der Waals surface area contributed by atoms with E-state index in [0.717, 1.165) is 16.0 Å². The van der Waals surface area contributed by atoms with Crippen molar-refractivity contribution < 1.29 is 4.21 Å². The van der Waals surface area contributed by atoms with Gasteiger partial charge in [0.25, 0.3) is 0 Å². The summed E-state index contributed by atoms with van der Waals surface area (Å²) in [7, 11) is -1.12. The first-order valence-electron chi connectivity index (χ1n) is 6.44. The molecule has 106 valence electrons. The van der Waals surface area contributed by atoms with Gasteiger partial charge in [0.1, 0.15) is 0 Å². The molecule has 0 saturated heterocycles. The zero-order valence-corrected chi connectivity index (χ0v) is 13.2. The van der Waals surface area contributed by atoms with Crippen LogP contribution in [-0.2, 0) is 10.8 Å². The van der Waals surface area contributed by atoms with Gasteiger partial charge in [-0.15, -0.1) is 0 Å². The van der Waals surface area contributed by atoms with Crippen LogP contribution in [0.15, 0.2) is 47.4 Å². The minimum absolute atomic E-state index is 0.230. The SMILES string of the molecule is Cc1ccc(C)c(C(N)CS(=O)c2ccc(Cl)cc2)c1. The maximum absolute atomic E-state index is 12.3. The number of aryl methyl sites for hydroxylation is 2. The quantitative estimate of drug-likeness (QED) is 0.934. The topological polar surface area (TPSA) is 43.1 Å². The van der Waals surface area contributed by atoms with Crippen LogP contribution in [0.4, 0.5) is 0 Å². The van der Waals surface area contributed by atoms with Gasteiger partial charge in [0.2, 0.25) is 0 Å². The minimum Gasteiger partial charge on any atom is -0.323 e. The highest BCUT2D eigenvalue weighted by molar-refractivity contribution is 7.85. The molecule has 2 aromatic carbocycles. The van der Waals surface area contributed by atoms with Gasteiger partial charge in [-0.25, -0.2) is 0 Å². The minimum atomic E-state index is -1.12. The van der Waals surface area contributed by atoms with E-state index in [0.29, 0.717) is 10.8 Å². The van der Waals surface area contributed by atoms with E-state index in [-0.39, 0.29) is 6.04 Å². The Morgan fingerprint density at radius 1 is 1.15 bits per heavy atom. The fourth-order valence-corrected chi connectivity index (χ4v) is 3.36. The molecule has 0 heterocycles. The molecule has 2 aromatic rings. The molecular formula is C16H18ClNOS. The van der Waals surface area contributed by atoms with E-state index in [1.165, 1.54) is 5.56 Å². The third kappa shape index (κ3) is 3.69. The van der Waals surface area contributed by atoms with E-state index < -0.39 is 10.8 Å². The fraction of sp³-hybridized carbons (Fsp3) is 0.250. The number of rotatable bonds is 4. The lowest BCUT2D eigenvalue weighted by molar-refractivity contribution is 0.675. The Hall–Kier alpha value is -1.16. The summed E-state index contributed by atoms with van der Waals surface area (Å²) in [5.41, 5.74) is 9.58. The molecule has 2 N–H and O–H groups in total. The van der Waals surface area contributed by atoms with Gasteiger partial charge in [0, 0.05) is 21.7 Å². The van der Waals surface area contributed by atoms with Gasteiger partial charge in [-0.3, -0.25) is 4.21 Å². The Kier molecular flexibility index (Phi) is 4.97. The van der Waals surface area contributed by atoms with Crippen LogP contribution < -0.4 is 5.73 Å². The Balaban J connectivity index is 2.15.